The lowest BCUT2D eigenvalue weighted by molar-refractivity contribution is 0.719. The van der Waals surface area contributed by atoms with Crippen LogP contribution in [0.3, 0.4) is 0 Å². The molecule has 0 saturated heterocycles. The summed E-state index contributed by atoms with van der Waals surface area (Å²) < 4.78 is 10.3. The van der Waals surface area contributed by atoms with Gasteiger partial charge in [-0.05, 0) is 30.7 Å². The first-order chi connectivity index (χ1) is 8.74. The number of aromatic nitrogens is 4. The van der Waals surface area contributed by atoms with Crippen LogP contribution in [-0.2, 0) is 13.6 Å². The molecule has 3 aromatic rings. The molecule has 2 aromatic heterocycles. The van der Waals surface area contributed by atoms with Gasteiger partial charge in [-0.25, -0.2) is 0 Å². The highest BCUT2D eigenvalue weighted by Gasteiger charge is 2.05. The van der Waals surface area contributed by atoms with Crippen molar-refractivity contribution in [2.75, 3.05) is 5.32 Å². The van der Waals surface area contributed by atoms with E-state index in [-0.39, 0.29) is 0 Å². The molecule has 5 nitrogen and oxygen atoms in total. The molecule has 0 atom stereocenters. The number of nitrogens with zero attached hydrogens (tertiary/aromatic N) is 4. The second kappa shape index (κ2) is 4.38. The van der Waals surface area contributed by atoms with Crippen LogP contribution in [0.2, 0.25) is 0 Å². The molecule has 0 fully saturated rings. The Morgan fingerprint density at radius 2 is 2.11 bits per heavy atom. The normalized spacial score (nSPS) is 11.0. The fraction of sp³-hybridized carbons (Fsp3) is 0.250. The number of rotatable bonds is 3. The Kier molecular flexibility index (Phi) is 2.71. The molecule has 18 heavy (non-hydrogen) atoms. The molecule has 0 bridgehead atoms. The predicted octanol–water partition coefficient (Wildman–Crippen LogP) is 2.35. The van der Waals surface area contributed by atoms with Gasteiger partial charge in [-0.15, -0.1) is 0 Å². The van der Waals surface area contributed by atoms with Gasteiger partial charge in [0.2, 0.25) is 0 Å². The number of aryl methyl sites for hydroxylation is 2. The Morgan fingerprint density at radius 1 is 1.28 bits per heavy atom. The van der Waals surface area contributed by atoms with E-state index in [1.165, 1.54) is 23.0 Å². The van der Waals surface area contributed by atoms with Crippen molar-refractivity contribution in [3.8, 4) is 0 Å². The van der Waals surface area contributed by atoms with Crippen molar-refractivity contribution < 1.29 is 0 Å². The third kappa shape index (κ3) is 1.95. The summed E-state index contributed by atoms with van der Waals surface area (Å²) in [4.78, 5) is 0. The van der Waals surface area contributed by atoms with Crippen LogP contribution in [0, 0.1) is 6.92 Å². The van der Waals surface area contributed by atoms with Crippen LogP contribution in [-0.4, -0.2) is 18.5 Å². The zero-order valence-electron chi connectivity index (χ0n) is 10.2. The van der Waals surface area contributed by atoms with E-state index in [0.29, 0.717) is 0 Å². The minimum Gasteiger partial charge on any atom is -0.379 e. The number of hydrogen-bond donors (Lipinski definition) is 1. The Hall–Kier alpha value is -1.95. The smallest absolute Gasteiger partial charge is 0.106 e. The van der Waals surface area contributed by atoms with Crippen molar-refractivity contribution in [3.05, 3.63) is 35.7 Å². The molecule has 0 amide bonds. The Morgan fingerprint density at radius 3 is 2.89 bits per heavy atom. The second-order valence-electron chi connectivity index (χ2n) is 4.22. The monoisotopic (exact) mass is 259 g/mol. The van der Waals surface area contributed by atoms with E-state index in [2.05, 4.69) is 26.1 Å². The molecule has 3 rings (SSSR count). The fourth-order valence-corrected chi connectivity index (χ4v) is 2.42. The standard InChI is InChI=1S/C12H13N5S/c1-8-6-14-17(2)12(8)7-13-9-3-4-10-11(5-9)16-18-15-10/h3-6,13H,7H2,1-2H3. The molecule has 92 valence electrons. The van der Waals surface area contributed by atoms with E-state index in [9.17, 15) is 0 Å². The topological polar surface area (TPSA) is 55.6 Å². The molecular formula is C12H13N5S. The van der Waals surface area contributed by atoms with Gasteiger partial charge >= 0.3 is 0 Å². The van der Waals surface area contributed by atoms with Crippen LogP contribution < -0.4 is 5.32 Å². The van der Waals surface area contributed by atoms with Crippen LogP contribution in [0.5, 0.6) is 0 Å². The number of benzene rings is 1. The van der Waals surface area contributed by atoms with Crippen molar-refractivity contribution in [1.29, 1.82) is 0 Å². The lowest BCUT2D eigenvalue weighted by Gasteiger charge is -2.07. The van der Waals surface area contributed by atoms with Gasteiger partial charge in [0.1, 0.15) is 11.0 Å². The third-order valence-corrected chi connectivity index (χ3v) is 3.54. The lowest BCUT2D eigenvalue weighted by Crippen LogP contribution is -2.06. The third-order valence-electron chi connectivity index (χ3n) is 2.98. The SMILES string of the molecule is Cc1cnn(C)c1CNc1ccc2nsnc2c1. The zero-order valence-corrected chi connectivity index (χ0v) is 11.0. The van der Waals surface area contributed by atoms with Crippen LogP contribution in [0.4, 0.5) is 5.69 Å². The molecule has 0 unspecified atom stereocenters. The van der Waals surface area contributed by atoms with Crippen molar-refractivity contribution in [1.82, 2.24) is 18.5 Å². The summed E-state index contributed by atoms with van der Waals surface area (Å²) in [7, 11) is 1.96. The molecule has 0 spiro atoms. The maximum absolute atomic E-state index is 4.23. The predicted molar refractivity (Wildman–Crippen MR) is 72.7 cm³/mol. The Bertz CT molecular complexity index is 665. The maximum Gasteiger partial charge on any atom is 0.106 e. The van der Waals surface area contributed by atoms with E-state index in [1.807, 2.05) is 36.1 Å². The largest absolute Gasteiger partial charge is 0.379 e. The van der Waals surface area contributed by atoms with Crippen LogP contribution in [0.25, 0.3) is 11.0 Å². The molecule has 0 saturated carbocycles. The average Bonchev–Trinajstić information content (AvgIpc) is 2.94. The molecule has 0 aliphatic carbocycles. The number of anilines is 1. The summed E-state index contributed by atoms with van der Waals surface area (Å²) in [6.45, 7) is 2.82. The molecular weight excluding hydrogens is 246 g/mol. The minimum absolute atomic E-state index is 0.755. The summed E-state index contributed by atoms with van der Waals surface area (Å²) >= 11 is 1.24. The zero-order chi connectivity index (χ0) is 12.5. The second-order valence-corrected chi connectivity index (χ2v) is 4.75. The highest BCUT2D eigenvalue weighted by atomic mass is 32.1. The number of hydrogen-bond acceptors (Lipinski definition) is 5. The molecule has 1 N–H and O–H groups in total. The maximum atomic E-state index is 4.23. The lowest BCUT2D eigenvalue weighted by atomic mass is 10.2. The summed E-state index contributed by atoms with van der Waals surface area (Å²) in [5.74, 6) is 0. The average molecular weight is 259 g/mol. The van der Waals surface area contributed by atoms with E-state index < -0.39 is 0 Å². The number of nitrogens with one attached hydrogen (secondary N) is 1. The van der Waals surface area contributed by atoms with E-state index in [1.54, 1.807) is 0 Å². The Balaban J connectivity index is 1.80. The quantitative estimate of drug-likeness (QED) is 0.784. The summed E-state index contributed by atoms with van der Waals surface area (Å²) in [6.07, 6.45) is 1.88. The van der Waals surface area contributed by atoms with E-state index in [0.717, 1.165) is 23.3 Å². The number of fused-ring (bicyclic) bond motifs is 1. The van der Waals surface area contributed by atoms with E-state index in [4.69, 9.17) is 0 Å². The highest BCUT2D eigenvalue weighted by Crippen LogP contribution is 2.18. The first-order valence-corrected chi connectivity index (χ1v) is 6.41. The van der Waals surface area contributed by atoms with Crippen molar-refractivity contribution in [2.24, 2.45) is 7.05 Å². The van der Waals surface area contributed by atoms with Gasteiger partial charge in [0, 0.05) is 12.7 Å². The first-order valence-electron chi connectivity index (χ1n) is 5.68. The van der Waals surface area contributed by atoms with E-state index >= 15 is 0 Å². The van der Waals surface area contributed by atoms with Gasteiger partial charge < -0.3 is 5.32 Å². The molecule has 0 radical (unpaired) electrons. The van der Waals surface area contributed by atoms with Gasteiger partial charge in [-0.1, -0.05) is 0 Å². The Labute approximate surface area is 109 Å². The highest BCUT2D eigenvalue weighted by molar-refractivity contribution is 7.00. The van der Waals surface area contributed by atoms with Crippen LogP contribution >= 0.6 is 11.7 Å². The minimum atomic E-state index is 0.755. The summed E-state index contributed by atoms with van der Waals surface area (Å²) in [5, 5.41) is 7.61. The summed E-state index contributed by atoms with van der Waals surface area (Å²) in [5.41, 5.74) is 5.32. The van der Waals surface area contributed by atoms with Crippen molar-refractivity contribution in [3.63, 3.8) is 0 Å². The van der Waals surface area contributed by atoms with Crippen molar-refractivity contribution in [2.45, 2.75) is 13.5 Å². The van der Waals surface area contributed by atoms with Crippen LogP contribution in [0.1, 0.15) is 11.3 Å². The summed E-state index contributed by atoms with van der Waals surface area (Å²) in [6, 6.07) is 6.03. The van der Waals surface area contributed by atoms with Gasteiger partial charge in [0.05, 0.1) is 30.2 Å². The van der Waals surface area contributed by atoms with Crippen molar-refractivity contribution >= 4 is 28.4 Å². The van der Waals surface area contributed by atoms with Gasteiger partial charge in [-0.3, -0.25) is 4.68 Å². The molecule has 1 aromatic carbocycles. The van der Waals surface area contributed by atoms with Gasteiger partial charge in [0.25, 0.3) is 0 Å². The van der Waals surface area contributed by atoms with Gasteiger partial charge in [0.15, 0.2) is 0 Å². The molecule has 0 aliphatic rings. The molecule has 0 aliphatic heterocycles. The molecule has 6 heteroatoms. The van der Waals surface area contributed by atoms with Crippen LogP contribution in [0.15, 0.2) is 24.4 Å². The van der Waals surface area contributed by atoms with Gasteiger partial charge in [-0.2, -0.15) is 13.8 Å². The fourth-order valence-electron chi connectivity index (χ4n) is 1.90. The first kappa shape index (κ1) is 11.2. The molecule has 2 heterocycles.